The van der Waals surface area contributed by atoms with Gasteiger partial charge in [-0.1, -0.05) is 60.7 Å². The number of anilines is 1. The van der Waals surface area contributed by atoms with Crippen molar-refractivity contribution in [1.82, 2.24) is 4.31 Å². The zero-order valence-electron chi connectivity index (χ0n) is 19.8. The zero-order valence-corrected chi connectivity index (χ0v) is 21.4. The van der Waals surface area contributed by atoms with Crippen LogP contribution in [0.15, 0.2) is 89.8 Å². The topological polar surface area (TPSA) is 66.5 Å². The third kappa shape index (κ3) is 7.69. The van der Waals surface area contributed by atoms with Crippen LogP contribution in [0.2, 0.25) is 0 Å². The van der Waals surface area contributed by atoms with Crippen molar-refractivity contribution < 1.29 is 13.2 Å². The molecule has 0 bridgehead atoms. The fourth-order valence-corrected chi connectivity index (χ4v) is 6.71. The van der Waals surface area contributed by atoms with Gasteiger partial charge in [0.2, 0.25) is 15.9 Å². The van der Waals surface area contributed by atoms with Crippen LogP contribution in [-0.4, -0.2) is 37.5 Å². The van der Waals surface area contributed by atoms with E-state index < -0.39 is 10.0 Å². The minimum absolute atomic E-state index is 0.110. The Kier molecular flexibility index (Phi) is 9.01. The van der Waals surface area contributed by atoms with Crippen LogP contribution < -0.4 is 5.32 Å². The monoisotopic (exact) mass is 508 g/mol. The molecule has 5 nitrogen and oxygen atoms in total. The molecule has 0 unspecified atom stereocenters. The van der Waals surface area contributed by atoms with Crippen LogP contribution in [0.3, 0.4) is 0 Å². The van der Waals surface area contributed by atoms with Crippen LogP contribution in [0.5, 0.6) is 0 Å². The second-order valence-corrected chi connectivity index (χ2v) is 12.0. The lowest BCUT2D eigenvalue weighted by Crippen LogP contribution is -2.44. The van der Waals surface area contributed by atoms with E-state index in [9.17, 15) is 13.2 Å². The highest BCUT2D eigenvalue weighted by Gasteiger charge is 2.32. The van der Waals surface area contributed by atoms with Crippen LogP contribution >= 0.6 is 11.8 Å². The molecule has 35 heavy (non-hydrogen) atoms. The second kappa shape index (κ2) is 12.4. The molecule has 1 aliphatic heterocycles. The first-order valence-electron chi connectivity index (χ1n) is 12.1. The summed E-state index contributed by atoms with van der Waals surface area (Å²) < 4.78 is 27.3. The molecule has 184 valence electrons. The largest absolute Gasteiger partial charge is 0.326 e. The quantitative estimate of drug-likeness (QED) is 0.363. The number of carbonyl (C=O) groups is 1. The van der Waals surface area contributed by atoms with E-state index in [1.807, 2.05) is 72.8 Å². The number of hydrogen-bond donors (Lipinski definition) is 1. The number of amides is 1. The molecular weight excluding hydrogens is 476 g/mol. The van der Waals surface area contributed by atoms with Crippen LogP contribution in [0, 0.1) is 5.92 Å². The van der Waals surface area contributed by atoms with E-state index in [2.05, 4.69) is 17.4 Å². The molecule has 0 spiro atoms. The Balaban J connectivity index is 1.26. The number of benzene rings is 3. The SMILES string of the molecule is O=C(Nc1ccc(CSc2ccccc2)cc1)[C@@H]1CCCN(S(=O)(=O)CCCc2ccccc2)C1. The van der Waals surface area contributed by atoms with Crippen LogP contribution in [0.25, 0.3) is 0 Å². The zero-order chi connectivity index (χ0) is 24.5. The van der Waals surface area contributed by atoms with E-state index in [0.717, 1.165) is 23.4 Å². The maximum Gasteiger partial charge on any atom is 0.228 e. The summed E-state index contributed by atoms with van der Waals surface area (Å²) in [4.78, 5) is 14.1. The first kappa shape index (κ1) is 25.5. The Labute approximate surface area is 213 Å². The Morgan fingerprint density at radius 2 is 1.60 bits per heavy atom. The van der Waals surface area contributed by atoms with E-state index in [0.29, 0.717) is 25.8 Å². The van der Waals surface area contributed by atoms with Crippen LogP contribution in [-0.2, 0) is 27.0 Å². The molecule has 1 heterocycles. The lowest BCUT2D eigenvalue weighted by molar-refractivity contribution is -0.120. The van der Waals surface area contributed by atoms with Gasteiger partial charge in [-0.3, -0.25) is 4.79 Å². The molecule has 7 heteroatoms. The number of piperidine rings is 1. The summed E-state index contributed by atoms with van der Waals surface area (Å²) in [7, 11) is -3.38. The van der Waals surface area contributed by atoms with Gasteiger partial charge in [-0.05, 0) is 61.1 Å². The van der Waals surface area contributed by atoms with Gasteiger partial charge in [-0.15, -0.1) is 11.8 Å². The summed E-state index contributed by atoms with van der Waals surface area (Å²) >= 11 is 1.77. The Morgan fingerprint density at radius 1 is 0.914 bits per heavy atom. The predicted octanol–water partition coefficient (Wildman–Crippen LogP) is 5.59. The molecule has 0 aromatic heterocycles. The predicted molar refractivity (Wildman–Crippen MR) is 144 cm³/mol. The molecule has 0 aliphatic carbocycles. The molecule has 0 saturated carbocycles. The summed E-state index contributed by atoms with van der Waals surface area (Å²) in [5, 5.41) is 2.98. The highest BCUT2D eigenvalue weighted by atomic mass is 32.2. The summed E-state index contributed by atoms with van der Waals surface area (Å²) in [5.74, 6) is 0.526. The van der Waals surface area contributed by atoms with E-state index in [1.165, 1.54) is 14.8 Å². The summed E-state index contributed by atoms with van der Waals surface area (Å²) in [6, 6.07) is 28.1. The number of rotatable bonds is 10. The fourth-order valence-electron chi connectivity index (χ4n) is 4.25. The molecule has 4 rings (SSSR count). The Bertz CT molecular complexity index is 1180. The van der Waals surface area contributed by atoms with E-state index in [1.54, 1.807) is 11.8 Å². The maximum absolute atomic E-state index is 12.9. The molecule has 3 aromatic rings. The number of hydrogen-bond acceptors (Lipinski definition) is 4. The number of thioether (sulfide) groups is 1. The van der Waals surface area contributed by atoms with Gasteiger partial charge in [0, 0.05) is 29.4 Å². The molecule has 1 N–H and O–H groups in total. The molecule has 1 saturated heterocycles. The molecule has 0 radical (unpaired) electrons. The molecule has 3 aromatic carbocycles. The smallest absolute Gasteiger partial charge is 0.228 e. The second-order valence-electron chi connectivity index (χ2n) is 8.89. The number of carbonyl (C=O) groups excluding carboxylic acids is 1. The molecule has 1 atom stereocenters. The van der Waals surface area contributed by atoms with Crippen LogP contribution in [0.1, 0.15) is 30.4 Å². The summed E-state index contributed by atoms with van der Waals surface area (Å²) in [6.45, 7) is 0.747. The third-order valence-electron chi connectivity index (χ3n) is 6.23. The minimum atomic E-state index is -3.38. The number of sulfonamides is 1. The third-order valence-corrected chi connectivity index (χ3v) is 9.24. The van der Waals surface area contributed by atoms with Crippen molar-refractivity contribution in [3.8, 4) is 0 Å². The molecular formula is C28H32N2O3S2. The van der Waals surface area contributed by atoms with Crippen molar-refractivity contribution in [3.05, 3.63) is 96.1 Å². The van der Waals surface area contributed by atoms with Gasteiger partial charge in [-0.2, -0.15) is 0 Å². The van der Waals surface area contributed by atoms with Gasteiger partial charge in [0.1, 0.15) is 0 Å². The average molecular weight is 509 g/mol. The lowest BCUT2D eigenvalue weighted by Gasteiger charge is -2.31. The van der Waals surface area contributed by atoms with Crippen molar-refractivity contribution in [2.75, 3.05) is 24.2 Å². The van der Waals surface area contributed by atoms with Crippen LogP contribution in [0.4, 0.5) is 5.69 Å². The first-order valence-corrected chi connectivity index (χ1v) is 14.7. The fraction of sp³-hybridized carbons (Fsp3) is 0.321. The van der Waals surface area contributed by atoms with Gasteiger partial charge in [-0.25, -0.2) is 12.7 Å². The first-order chi connectivity index (χ1) is 17.0. The van der Waals surface area contributed by atoms with Gasteiger partial charge in [0.15, 0.2) is 0 Å². The van der Waals surface area contributed by atoms with Crippen molar-refractivity contribution >= 4 is 33.4 Å². The van der Waals surface area contributed by atoms with Gasteiger partial charge < -0.3 is 5.32 Å². The maximum atomic E-state index is 12.9. The highest BCUT2D eigenvalue weighted by molar-refractivity contribution is 7.98. The number of aryl methyl sites for hydroxylation is 1. The van der Waals surface area contributed by atoms with Gasteiger partial charge in [0.05, 0.1) is 11.7 Å². The lowest BCUT2D eigenvalue weighted by atomic mass is 9.98. The van der Waals surface area contributed by atoms with Gasteiger partial charge in [0.25, 0.3) is 0 Å². The average Bonchev–Trinajstić information content (AvgIpc) is 2.89. The van der Waals surface area contributed by atoms with Crippen molar-refractivity contribution in [3.63, 3.8) is 0 Å². The number of nitrogens with zero attached hydrogens (tertiary/aromatic N) is 1. The molecule has 1 amide bonds. The van der Waals surface area contributed by atoms with Crippen molar-refractivity contribution in [1.29, 1.82) is 0 Å². The standard InChI is InChI=1S/C28H32N2O3S2/c31-28(29-26-17-15-24(16-18-26)22-34-27-13-5-2-6-14-27)25-12-7-19-30(21-25)35(32,33)20-8-11-23-9-3-1-4-10-23/h1-6,9-10,13-18,25H,7-8,11-12,19-22H2,(H,29,31)/t25-/m1/s1. The van der Waals surface area contributed by atoms with E-state index in [4.69, 9.17) is 0 Å². The molecule has 1 aliphatic rings. The summed E-state index contributed by atoms with van der Waals surface area (Å²) in [5.41, 5.74) is 3.07. The van der Waals surface area contributed by atoms with Crippen molar-refractivity contribution in [2.45, 2.75) is 36.3 Å². The number of nitrogens with one attached hydrogen (secondary N) is 1. The Morgan fingerprint density at radius 3 is 2.31 bits per heavy atom. The van der Waals surface area contributed by atoms with E-state index >= 15 is 0 Å². The minimum Gasteiger partial charge on any atom is -0.326 e. The highest BCUT2D eigenvalue weighted by Crippen LogP contribution is 2.25. The van der Waals surface area contributed by atoms with Crippen molar-refractivity contribution in [2.24, 2.45) is 5.92 Å². The van der Waals surface area contributed by atoms with Gasteiger partial charge >= 0.3 is 0 Å². The van der Waals surface area contributed by atoms with E-state index in [-0.39, 0.29) is 24.1 Å². The normalized spacial score (nSPS) is 16.6. The molecule has 1 fully saturated rings. The summed E-state index contributed by atoms with van der Waals surface area (Å²) in [6.07, 6.45) is 2.71. The Hall–Kier alpha value is -2.61.